The van der Waals surface area contributed by atoms with Crippen LogP contribution in [-0.2, 0) is 11.2 Å². The fourth-order valence-corrected chi connectivity index (χ4v) is 1.76. The Kier molecular flexibility index (Phi) is 5.22. The van der Waals surface area contributed by atoms with Crippen LogP contribution in [0, 0.1) is 5.82 Å². The van der Waals surface area contributed by atoms with Crippen molar-refractivity contribution in [1.82, 2.24) is 0 Å². The van der Waals surface area contributed by atoms with Crippen molar-refractivity contribution < 1.29 is 9.13 Å². The molecule has 2 N–H and O–H groups in total. The van der Waals surface area contributed by atoms with Gasteiger partial charge in [-0.15, -0.1) is 0 Å². The first-order chi connectivity index (χ1) is 7.13. The maximum Gasteiger partial charge on any atom is 0.126 e. The lowest BCUT2D eigenvalue weighted by Crippen LogP contribution is -2.24. The molecule has 1 rings (SSSR count). The van der Waals surface area contributed by atoms with Gasteiger partial charge in [0.25, 0.3) is 0 Å². The molecule has 2 nitrogen and oxygen atoms in total. The summed E-state index contributed by atoms with van der Waals surface area (Å²) in [6, 6.07) is 4.83. The van der Waals surface area contributed by atoms with E-state index in [1.807, 2.05) is 0 Å². The van der Waals surface area contributed by atoms with Gasteiger partial charge in [-0.2, -0.15) is 0 Å². The van der Waals surface area contributed by atoms with E-state index in [1.54, 1.807) is 19.2 Å². The van der Waals surface area contributed by atoms with Crippen molar-refractivity contribution >= 4 is 15.9 Å². The van der Waals surface area contributed by atoms with Gasteiger partial charge in [0.1, 0.15) is 5.82 Å². The number of benzene rings is 1. The first-order valence-corrected chi connectivity index (χ1v) is 5.61. The van der Waals surface area contributed by atoms with Crippen molar-refractivity contribution in [1.29, 1.82) is 0 Å². The predicted octanol–water partition coefficient (Wildman–Crippen LogP) is 2.49. The van der Waals surface area contributed by atoms with Gasteiger partial charge in [0, 0.05) is 24.2 Å². The Hall–Kier alpha value is -0.450. The van der Waals surface area contributed by atoms with E-state index in [-0.39, 0.29) is 11.9 Å². The molecule has 1 aromatic carbocycles. The standard InChI is InChI=1S/C11H15BrFNO/c1-15-5-4-10(14)7-8-6-9(12)2-3-11(8)13/h2-3,6,10H,4-5,7,14H2,1H3. The number of hydrogen-bond acceptors (Lipinski definition) is 2. The molecular formula is C11H15BrFNO. The van der Waals surface area contributed by atoms with E-state index in [9.17, 15) is 4.39 Å². The van der Waals surface area contributed by atoms with E-state index in [4.69, 9.17) is 10.5 Å². The highest BCUT2D eigenvalue weighted by Crippen LogP contribution is 2.17. The van der Waals surface area contributed by atoms with E-state index < -0.39 is 0 Å². The van der Waals surface area contributed by atoms with Crippen molar-refractivity contribution in [3.8, 4) is 0 Å². The van der Waals surface area contributed by atoms with Gasteiger partial charge in [-0.3, -0.25) is 0 Å². The molecule has 0 aromatic heterocycles. The minimum atomic E-state index is -0.203. The maximum atomic E-state index is 13.3. The summed E-state index contributed by atoms with van der Waals surface area (Å²) >= 11 is 3.31. The molecule has 1 aromatic rings. The van der Waals surface area contributed by atoms with Crippen LogP contribution in [0.4, 0.5) is 4.39 Å². The number of halogens is 2. The first kappa shape index (κ1) is 12.6. The van der Waals surface area contributed by atoms with E-state index >= 15 is 0 Å². The molecule has 0 spiro atoms. The van der Waals surface area contributed by atoms with Crippen LogP contribution >= 0.6 is 15.9 Å². The van der Waals surface area contributed by atoms with Gasteiger partial charge in [-0.1, -0.05) is 15.9 Å². The van der Waals surface area contributed by atoms with Gasteiger partial charge in [0.05, 0.1) is 0 Å². The zero-order chi connectivity index (χ0) is 11.3. The molecule has 1 unspecified atom stereocenters. The average molecular weight is 276 g/mol. The second kappa shape index (κ2) is 6.20. The largest absolute Gasteiger partial charge is 0.385 e. The molecule has 0 aliphatic rings. The summed E-state index contributed by atoms with van der Waals surface area (Å²) in [5, 5.41) is 0. The van der Waals surface area contributed by atoms with Gasteiger partial charge >= 0.3 is 0 Å². The topological polar surface area (TPSA) is 35.2 Å². The predicted molar refractivity (Wildman–Crippen MR) is 62.3 cm³/mol. The van der Waals surface area contributed by atoms with E-state index in [2.05, 4.69) is 15.9 Å². The molecule has 0 aliphatic carbocycles. The molecule has 4 heteroatoms. The lowest BCUT2D eigenvalue weighted by Gasteiger charge is -2.11. The molecule has 0 radical (unpaired) electrons. The van der Waals surface area contributed by atoms with E-state index in [0.29, 0.717) is 18.6 Å². The molecule has 0 saturated heterocycles. The number of ether oxygens (including phenoxy) is 1. The van der Waals surface area contributed by atoms with Crippen LogP contribution in [0.2, 0.25) is 0 Å². The lowest BCUT2D eigenvalue weighted by molar-refractivity contribution is 0.187. The van der Waals surface area contributed by atoms with Crippen molar-refractivity contribution in [2.75, 3.05) is 13.7 Å². The minimum Gasteiger partial charge on any atom is -0.385 e. The fourth-order valence-electron chi connectivity index (χ4n) is 1.35. The molecule has 0 fully saturated rings. The Morgan fingerprint density at radius 3 is 2.93 bits per heavy atom. The number of methoxy groups -OCH3 is 1. The Balaban J connectivity index is 2.59. The van der Waals surface area contributed by atoms with E-state index in [0.717, 1.165) is 10.9 Å². The summed E-state index contributed by atoms with van der Waals surface area (Å²) in [4.78, 5) is 0. The van der Waals surface area contributed by atoms with Crippen LogP contribution in [0.25, 0.3) is 0 Å². The number of nitrogens with two attached hydrogens (primary N) is 1. The van der Waals surface area contributed by atoms with Gasteiger partial charge < -0.3 is 10.5 Å². The second-order valence-electron chi connectivity index (χ2n) is 3.48. The van der Waals surface area contributed by atoms with Gasteiger partial charge in [0.15, 0.2) is 0 Å². The van der Waals surface area contributed by atoms with Crippen LogP contribution in [0.15, 0.2) is 22.7 Å². The molecule has 84 valence electrons. The molecule has 1 atom stereocenters. The summed E-state index contributed by atoms with van der Waals surface area (Å²) < 4.78 is 19.1. The summed E-state index contributed by atoms with van der Waals surface area (Å²) in [5.74, 6) is -0.203. The fraction of sp³-hybridized carbons (Fsp3) is 0.455. The first-order valence-electron chi connectivity index (χ1n) is 4.82. The monoisotopic (exact) mass is 275 g/mol. The molecular weight excluding hydrogens is 261 g/mol. The van der Waals surface area contributed by atoms with Crippen LogP contribution < -0.4 is 5.73 Å². The quantitative estimate of drug-likeness (QED) is 0.896. The second-order valence-corrected chi connectivity index (χ2v) is 4.40. The summed E-state index contributed by atoms with van der Waals surface area (Å²) in [6.45, 7) is 0.608. The van der Waals surface area contributed by atoms with Gasteiger partial charge in [0.2, 0.25) is 0 Å². The van der Waals surface area contributed by atoms with Crippen molar-refractivity contribution in [2.24, 2.45) is 5.73 Å². The number of hydrogen-bond donors (Lipinski definition) is 1. The highest BCUT2D eigenvalue weighted by molar-refractivity contribution is 9.10. The molecule has 15 heavy (non-hydrogen) atoms. The smallest absolute Gasteiger partial charge is 0.126 e. The van der Waals surface area contributed by atoms with E-state index in [1.165, 1.54) is 6.07 Å². The van der Waals surface area contributed by atoms with Gasteiger partial charge in [-0.25, -0.2) is 4.39 Å². The Morgan fingerprint density at radius 2 is 2.27 bits per heavy atom. The normalized spacial score (nSPS) is 12.8. The van der Waals surface area contributed by atoms with Crippen molar-refractivity contribution in [2.45, 2.75) is 18.9 Å². The lowest BCUT2D eigenvalue weighted by atomic mass is 10.0. The van der Waals surface area contributed by atoms with Crippen molar-refractivity contribution in [3.63, 3.8) is 0 Å². The summed E-state index contributed by atoms with van der Waals surface area (Å²) in [5.41, 5.74) is 6.50. The molecule has 0 amide bonds. The van der Waals surface area contributed by atoms with Crippen molar-refractivity contribution in [3.05, 3.63) is 34.1 Å². The third-order valence-corrected chi connectivity index (χ3v) is 2.68. The third kappa shape index (κ3) is 4.28. The molecule has 0 saturated carbocycles. The average Bonchev–Trinajstić information content (AvgIpc) is 2.20. The summed E-state index contributed by atoms with van der Waals surface area (Å²) in [6.07, 6.45) is 1.27. The summed E-state index contributed by atoms with van der Waals surface area (Å²) in [7, 11) is 1.63. The molecule has 0 aliphatic heterocycles. The maximum absolute atomic E-state index is 13.3. The van der Waals surface area contributed by atoms with Gasteiger partial charge in [-0.05, 0) is 36.6 Å². The highest BCUT2D eigenvalue weighted by atomic mass is 79.9. The molecule has 0 bridgehead atoms. The Morgan fingerprint density at radius 1 is 1.53 bits per heavy atom. The SMILES string of the molecule is COCCC(N)Cc1cc(Br)ccc1F. The third-order valence-electron chi connectivity index (χ3n) is 2.18. The minimum absolute atomic E-state index is 0.0613. The number of rotatable bonds is 5. The Bertz CT molecular complexity index is 319. The zero-order valence-electron chi connectivity index (χ0n) is 8.67. The van der Waals surface area contributed by atoms with Crippen LogP contribution in [0.1, 0.15) is 12.0 Å². The molecule has 0 heterocycles. The van der Waals surface area contributed by atoms with Crippen LogP contribution in [-0.4, -0.2) is 19.8 Å². The highest BCUT2D eigenvalue weighted by Gasteiger charge is 2.08. The Labute approximate surface area is 97.7 Å². The van der Waals surface area contributed by atoms with Crippen LogP contribution in [0.3, 0.4) is 0 Å². The zero-order valence-corrected chi connectivity index (χ0v) is 10.3. The van der Waals surface area contributed by atoms with Crippen LogP contribution in [0.5, 0.6) is 0 Å².